The van der Waals surface area contributed by atoms with Crippen molar-refractivity contribution in [1.29, 1.82) is 0 Å². The second kappa shape index (κ2) is 6.24. The van der Waals surface area contributed by atoms with Crippen LogP contribution in [0.25, 0.3) is 0 Å². The molecule has 0 unspecified atom stereocenters. The standard InChI is InChI=1S/C11H22O/c1-9(2)6-5-7-10(3)11(4)8-12/h6,10-12H,5,7-8H2,1-4H3/t10-,11+/m0/s1. The van der Waals surface area contributed by atoms with E-state index >= 15 is 0 Å². The first kappa shape index (κ1) is 11.7. The summed E-state index contributed by atoms with van der Waals surface area (Å²) in [5.41, 5.74) is 1.39. The fourth-order valence-corrected chi connectivity index (χ4v) is 1.10. The Labute approximate surface area is 76.5 Å². The van der Waals surface area contributed by atoms with Crippen molar-refractivity contribution in [3.8, 4) is 0 Å². The van der Waals surface area contributed by atoms with Gasteiger partial charge in [-0.05, 0) is 38.5 Å². The van der Waals surface area contributed by atoms with Crippen molar-refractivity contribution in [3.63, 3.8) is 0 Å². The minimum absolute atomic E-state index is 0.315. The molecule has 1 heteroatoms. The van der Waals surface area contributed by atoms with E-state index in [1.165, 1.54) is 12.0 Å². The number of hydrogen-bond acceptors (Lipinski definition) is 1. The van der Waals surface area contributed by atoms with Gasteiger partial charge in [-0.15, -0.1) is 0 Å². The first-order valence-corrected chi connectivity index (χ1v) is 4.82. The Morgan fingerprint density at radius 1 is 1.25 bits per heavy atom. The summed E-state index contributed by atoms with van der Waals surface area (Å²) >= 11 is 0. The van der Waals surface area contributed by atoms with Crippen molar-refractivity contribution in [2.45, 2.75) is 40.5 Å². The summed E-state index contributed by atoms with van der Waals surface area (Å²) < 4.78 is 0. The topological polar surface area (TPSA) is 20.2 Å². The lowest BCUT2D eigenvalue weighted by Gasteiger charge is -2.16. The summed E-state index contributed by atoms with van der Waals surface area (Å²) in [5.74, 6) is 1.07. The molecule has 0 aromatic carbocycles. The lowest BCUT2D eigenvalue weighted by atomic mass is 9.92. The molecule has 0 amide bonds. The van der Waals surface area contributed by atoms with E-state index in [2.05, 4.69) is 33.8 Å². The van der Waals surface area contributed by atoms with E-state index in [0.29, 0.717) is 18.4 Å². The van der Waals surface area contributed by atoms with Gasteiger partial charge in [0.2, 0.25) is 0 Å². The molecular formula is C11H22O. The van der Waals surface area contributed by atoms with Gasteiger partial charge in [0.05, 0.1) is 0 Å². The molecule has 0 aromatic heterocycles. The average molecular weight is 170 g/mol. The highest BCUT2D eigenvalue weighted by Crippen LogP contribution is 2.16. The van der Waals surface area contributed by atoms with Gasteiger partial charge in [0, 0.05) is 6.61 Å². The number of aliphatic hydroxyl groups excluding tert-OH is 1. The van der Waals surface area contributed by atoms with Crippen molar-refractivity contribution in [1.82, 2.24) is 0 Å². The predicted molar refractivity (Wildman–Crippen MR) is 54.1 cm³/mol. The molecule has 0 aliphatic carbocycles. The van der Waals surface area contributed by atoms with Crippen molar-refractivity contribution in [2.75, 3.05) is 6.61 Å². The summed E-state index contributed by atoms with van der Waals surface area (Å²) in [7, 11) is 0. The van der Waals surface area contributed by atoms with Gasteiger partial charge in [-0.25, -0.2) is 0 Å². The Bertz CT molecular complexity index is 134. The van der Waals surface area contributed by atoms with E-state index in [4.69, 9.17) is 5.11 Å². The Morgan fingerprint density at radius 3 is 2.25 bits per heavy atom. The number of rotatable bonds is 5. The zero-order chi connectivity index (χ0) is 9.56. The van der Waals surface area contributed by atoms with Crippen LogP contribution in [0.2, 0.25) is 0 Å². The second-order valence-electron chi connectivity index (χ2n) is 4.00. The predicted octanol–water partition coefficient (Wildman–Crippen LogP) is 3.00. The van der Waals surface area contributed by atoms with Crippen LogP contribution in [-0.2, 0) is 0 Å². The Morgan fingerprint density at radius 2 is 1.83 bits per heavy atom. The summed E-state index contributed by atoms with van der Waals surface area (Å²) in [6.45, 7) is 8.88. The van der Waals surface area contributed by atoms with Crippen LogP contribution in [0.15, 0.2) is 11.6 Å². The van der Waals surface area contributed by atoms with Gasteiger partial charge in [-0.1, -0.05) is 25.5 Å². The first-order chi connectivity index (χ1) is 5.57. The highest BCUT2D eigenvalue weighted by molar-refractivity contribution is 4.92. The number of hydrogen-bond donors (Lipinski definition) is 1. The fourth-order valence-electron chi connectivity index (χ4n) is 1.10. The molecular weight excluding hydrogens is 148 g/mol. The van der Waals surface area contributed by atoms with E-state index in [0.717, 1.165) is 6.42 Å². The summed E-state index contributed by atoms with van der Waals surface area (Å²) in [5, 5.41) is 8.90. The summed E-state index contributed by atoms with van der Waals surface area (Å²) in [6.07, 6.45) is 4.60. The van der Waals surface area contributed by atoms with Crippen molar-refractivity contribution in [3.05, 3.63) is 11.6 Å². The third-order valence-corrected chi connectivity index (χ3v) is 2.43. The molecule has 0 aliphatic rings. The molecule has 12 heavy (non-hydrogen) atoms. The minimum atomic E-state index is 0.315. The highest BCUT2D eigenvalue weighted by atomic mass is 16.3. The Hall–Kier alpha value is -0.300. The zero-order valence-electron chi connectivity index (χ0n) is 8.80. The quantitative estimate of drug-likeness (QED) is 0.629. The van der Waals surface area contributed by atoms with Crippen molar-refractivity contribution in [2.24, 2.45) is 11.8 Å². The van der Waals surface area contributed by atoms with Crippen LogP contribution in [0, 0.1) is 11.8 Å². The maximum Gasteiger partial charge on any atom is 0.0459 e. The van der Waals surface area contributed by atoms with Gasteiger partial charge in [0.15, 0.2) is 0 Å². The molecule has 0 rings (SSSR count). The Balaban J connectivity index is 3.57. The van der Waals surface area contributed by atoms with E-state index in [1.807, 2.05) is 0 Å². The molecule has 0 aliphatic heterocycles. The maximum atomic E-state index is 8.90. The fraction of sp³-hybridized carbons (Fsp3) is 0.818. The molecule has 0 heterocycles. The number of allylic oxidation sites excluding steroid dienone is 2. The third kappa shape index (κ3) is 5.36. The Kier molecular flexibility index (Phi) is 6.09. The molecule has 0 radical (unpaired) electrons. The zero-order valence-corrected chi connectivity index (χ0v) is 8.80. The van der Waals surface area contributed by atoms with Crippen LogP contribution in [0.3, 0.4) is 0 Å². The van der Waals surface area contributed by atoms with E-state index < -0.39 is 0 Å². The van der Waals surface area contributed by atoms with Crippen molar-refractivity contribution >= 4 is 0 Å². The number of aliphatic hydroxyl groups is 1. The SMILES string of the molecule is CC(C)=CCC[C@H](C)[C@H](C)CO. The maximum absolute atomic E-state index is 8.90. The molecule has 0 spiro atoms. The molecule has 0 aromatic rings. The molecule has 72 valence electrons. The van der Waals surface area contributed by atoms with Gasteiger partial charge < -0.3 is 5.11 Å². The van der Waals surface area contributed by atoms with Gasteiger partial charge in [-0.3, -0.25) is 0 Å². The normalized spacial score (nSPS) is 15.4. The molecule has 1 nitrogen and oxygen atoms in total. The van der Waals surface area contributed by atoms with Crippen LogP contribution in [0.4, 0.5) is 0 Å². The highest BCUT2D eigenvalue weighted by Gasteiger charge is 2.09. The summed E-state index contributed by atoms with van der Waals surface area (Å²) in [4.78, 5) is 0. The third-order valence-electron chi connectivity index (χ3n) is 2.43. The van der Waals surface area contributed by atoms with Crippen LogP contribution >= 0.6 is 0 Å². The van der Waals surface area contributed by atoms with Crippen LogP contribution in [0.5, 0.6) is 0 Å². The van der Waals surface area contributed by atoms with Crippen LogP contribution < -0.4 is 0 Å². The van der Waals surface area contributed by atoms with Gasteiger partial charge in [0.1, 0.15) is 0 Å². The molecule has 1 N–H and O–H groups in total. The molecule has 2 atom stereocenters. The molecule has 0 saturated heterocycles. The lowest BCUT2D eigenvalue weighted by Crippen LogP contribution is -2.11. The van der Waals surface area contributed by atoms with E-state index in [-0.39, 0.29) is 0 Å². The smallest absolute Gasteiger partial charge is 0.0459 e. The van der Waals surface area contributed by atoms with Gasteiger partial charge in [-0.2, -0.15) is 0 Å². The van der Waals surface area contributed by atoms with Crippen LogP contribution in [0.1, 0.15) is 40.5 Å². The summed E-state index contributed by atoms with van der Waals surface area (Å²) in [6, 6.07) is 0. The molecule has 0 saturated carbocycles. The van der Waals surface area contributed by atoms with Crippen LogP contribution in [-0.4, -0.2) is 11.7 Å². The first-order valence-electron chi connectivity index (χ1n) is 4.82. The average Bonchev–Trinajstić information content (AvgIpc) is 2.02. The van der Waals surface area contributed by atoms with Gasteiger partial charge in [0.25, 0.3) is 0 Å². The monoisotopic (exact) mass is 170 g/mol. The lowest BCUT2D eigenvalue weighted by molar-refractivity contribution is 0.191. The van der Waals surface area contributed by atoms with Gasteiger partial charge >= 0.3 is 0 Å². The molecule has 0 bridgehead atoms. The second-order valence-corrected chi connectivity index (χ2v) is 4.00. The minimum Gasteiger partial charge on any atom is -0.396 e. The van der Waals surface area contributed by atoms with E-state index in [1.54, 1.807) is 0 Å². The van der Waals surface area contributed by atoms with E-state index in [9.17, 15) is 0 Å². The van der Waals surface area contributed by atoms with Crippen molar-refractivity contribution < 1.29 is 5.11 Å². The largest absolute Gasteiger partial charge is 0.396 e. The molecule has 0 fully saturated rings.